The number of nitrogens with zero attached hydrogens (tertiary/aromatic N) is 3. The summed E-state index contributed by atoms with van der Waals surface area (Å²) < 4.78 is 3.43. The Labute approximate surface area is 162 Å². The molecule has 2 aromatic carbocycles. The van der Waals surface area contributed by atoms with Gasteiger partial charge in [0.2, 0.25) is 5.91 Å². The summed E-state index contributed by atoms with van der Waals surface area (Å²) in [5.41, 5.74) is 2.85. The molecule has 0 bridgehead atoms. The third kappa shape index (κ3) is 2.80. The number of para-hydroxylation sites is 1. The molecule has 2 atom stereocenters. The number of hydrogen-bond acceptors (Lipinski definition) is 3. The summed E-state index contributed by atoms with van der Waals surface area (Å²) in [5.74, 6) is -0.0279. The fourth-order valence-corrected chi connectivity index (χ4v) is 4.79. The molecule has 3 aromatic rings. The molecule has 1 aliphatic heterocycles. The number of hydrogen-bond donors (Lipinski definition) is 0. The van der Waals surface area contributed by atoms with Crippen LogP contribution in [0.15, 0.2) is 65.5 Å². The van der Waals surface area contributed by atoms with E-state index in [4.69, 9.17) is 0 Å². The van der Waals surface area contributed by atoms with Gasteiger partial charge in [-0.15, -0.1) is 11.8 Å². The average molecular weight is 379 g/mol. The van der Waals surface area contributed by atoms with Gasteiger partial charge in [-0.3, -0.25) is 19.2 Å². The molecule has 1 fully saturated rings. The Kier molecular flexibility index (Phi) is 4.44. The van der Waals surface area contributed by atoms with Crippen molar-refractivity contribution in [2.45, 2.75) is 24.5 Å². The molecule has 0 radical (unpaired) electrons. The summed E-state index contributed by atoms with van der Waals surface area (Å²) in [5, 5.41) is -0.397. The third-order valence-corrected chi connectivity index (χ3v) is 6.35. The molecule has 1 amide bonds. The average Bonchev–Trinajstić information content (AvgIpc) is 3.10. The molecule has 1 saturated heterocycles. The predicted octanol–water partition coefficient (Wildman–Crippen LogP) is 3.65. The second kappa shape index (κ2) is 6.78. The van der Waals surface area contributed by atoms with Crippen LogP contribution in [0.1, 0.15) is 23.6 Å². The summed E-state index contributed by atoms with van der Waals surface area (Å²) >= 11 is 1.58. The molecule has 6 heteroatoms. The lowest BCUT2D eigenvalue weighted by Gasteiger charge is -2.23. The number of anilines is 1. The van der Waals surface area contributed by atoms with Gasteiger partial charge in [0.15, 0.2) is 0 Å². The largest absolute Gasteiger partial charge is 0.295 e. The van der Waals surface area contributed by atoms with Crippen LogP contribution in [0.3, 0.4) is 0 Å². The van der Waals surface area contributed by atoms with Crippen LogP contribution in [0.5, 0.6) is 0 Å². The molecule has 27 heavy (non-hydrogen) atoms. The third-order valence-electron chi connectivity index (χ3n) is 5.00. The molecular formula is C21H21N3O2S. The molecular weight excluding hydrogens is 358 g/mol. The van der Waals surface area contributed by atoms with Gasteiger partial charge >= 0.3 is 0 Å². The predicted molar refractivity (Wildman–Crippen MR) is 109 cm³/mol. The van der Waals surface area contributed by atoms with Crippen molar-refractivity contribution in [3.63, 3.8) is 0 Å². The van der Waals surface area contributed by atoms with Crippen molar-refractivity contribution < 1.29 is 4.79 Å². The van der Waals surface area contributed by atoms with E-state index in [-0.39, 0.29) is 22.1 Å². The van der Waals surface area contributed by atoms with Gasteiger partial charge in [-0.2, -0.15) is 0 Å². The van der Waals surface area contributed by atoms with Gasteiger partial charge in [0.25, 0.3) is 5.56 Å². The van der Waals surface area contributed by atoms with Gasteiger partial charge < -0.3 is 0 Å². The molecule has 0 aliphatic carbocycles. The normalized spacial score (nSPS) is 19.7. The number of benzene rings is 2. The Morgan fingerprint density at radius 3 is 2.15 bits per heavy atom. The number of aromatic nitrogens is 2. The Morgan fingerprint density at radius 2 is 1.52 bits per heavy atom. The lowest BCUT2D eigenvalue weighted by molar-refractivity contribution is -0.117. The molecule has 0 unspecified atom stereocenters. The SMILES string of the molecule is Cc1c(N2C(=O)[C@H](C)S[C@@H]2c2ccccc2)c(=O)n(-c2ccccc2)n1C. The second-order valence-electron chi connectivity index (χ2n) is 6.66. The number of carbonyl (C=O) groups is 1. The first-order chi connectivity index (χ1) is 13.0. The zero-order valence-electron chi connectivity index (χ0n) is 15.5. The minimum absolute atomic E-state index is 0.0279. The standard InChI is InChI=1S/C21H21N3O2S/c1-14-18(20(26)24(22(14)3)17-12-8-5-9-13-17)23-19(25)15(2)27-21(23)16-10-6-4-7-11-16/h4-13,15,21H,1-3H3/t15-,21+/m0/s1. The van der Waals surface area contributed by atoms with Crippen molar-refractivity contribution in [2.24, 2.45) is 7.05 Å². The topological polar surface area (TPSA) is 47.2 Å². The molecule has 2 heterocycles. The number of carbonyl (C=O) groups excluding carboxylic acids is 1. The van der Waals surface area contributed by atoms with E-state index < -0.39 is 0 Å². The maximum absolute atomic E-state index is 13.4. The van der Waals surface area contributed by atoms with E-state index >= 15 is 0 Å². The maximum atomic E-state index is 13.4. The van der Waals surface area contributed by atoms with Crippen LogP contribution in [-0.4, -0.2) is 20.5 Å². The van der Waals surface area contributed by atoms with E-state index in [1.807, 2.05) is 86.2 Å². The van der Waals surface area contributed by atoms with E-state index in [0.29, 0.717) is 5.69 Å². The van der Waals surface area contributed by atoms with Crippen LogP contribution in [0.4, 0.5) is 5.69 Å². The van der Waals surface area contributed by atoms with Crippen molar-refractivity contribution in [2.75, 3.05) is 4.90 Å². The summed E-state index contributed by atoms with van der Waals surface area (Å²) in [6.45, 7) is 3.79. The van der Waals surface area contributed by atoms with Gasteiger partial charge in [-0.25, -0.2) is 4.68 Å². The summed E-state index contributed by atoms with van der Waals surface area (Å²) in [7, 11) is 1.85. The van der Waals surface area contributed by atoms with Gasteiger partial charge in [-0.05, 0) is 31.5 Å². The van der Waals surface area contributed by atoms with E-state index in [1.54, 1.807) is 21.3 Å². The monoisotopic (exact) mass is 379 g/mol. The Hall–Kier alpha value is -2.73. The highest BCUT2D eigenvalue weighted by atomic mass is 32.2. The highest BCUT2D eigenvalue weighted by Gasteiger charge is 2.42. The minimum atomic E-state index is -0.202. The van der Waals surface area contributed by atoms with Gasteiger partial charge in [0.1, 0.15) is 11.1 Å². The Morgan fingerprint density at radius 1 is 0.926 bits per heavy atom. The molecule has 0 N–H and O–H groups in total. The van der Waals surface area contributed by atoms with Crippen LogP contribution in [0.25, 0.3) is 5.69 Å². The summed E-state index contributed by atoms with van der Waals surface area (Å²) in [6, 6.07) is 19.4. The number of thioether (sulfide) groups is 1. The maximum Gasteiger partial charge on any atom is 0.295 e. The van der Waals surface area contributed by atoms with Gasteiger partial charge in [-0.1, -0.05) is 48.5 Å². The van der Waals surface area contributed by atoms with E-state index in [0.717, 1.165) is 16.9 Å². The van der Waals surface area contributed by atoms with Crippen molar-refractivity contribution in [3.05, 3.63) is 82.3 Å². The quantitative estimate of drug-likeness (QED) is 0.698. The first-order valence-corrected chi connectivity index (χ1v) is 9.82. The minimum Gasteiger partial charge on any atom is -0.288 e. The van der Waals surface area contributed by atoms with Gasteiger partial charge in [0.05, 0.1) is 16.6 Å². The zero-order chi connectivity index (χ0) is 19.1. The number of amides is 1. The fraction of sp³-hybridized carbons (Fsp3) is 0.238. The molecule has 0 spiro atoms. The molecule has 1 aromatic heterocycles. The zero-order valence-corrected chi connectivity index (χ0v) is 16.3. The highest BCUT2D eigenvalue weighted by molar-refractivity contribution is 8.01. The molecule has 138 valence electrons. The summed E-state index contributed by atoms with van der Waals surface area (Å²) in [4.78, 5) is 28.0. The van der Waals surface area contributed by atoms with Crippen LogP contribution in [0, 0.1) is 6.92 Å². The van der Waals surface area contributed by atoms with E-state index in [1.165, 1.54) is 0 Å². The Balaban J connectivity index is 1.90. The Bertz CT molecular complexity index is 1040. The molecule has 5 nitrogen and oxygen atoms in total. The lowest BCUT2D eigenvalue weighted by Crippen LogP contribution is -2.34. The van der Waals surface area contributed by atoms with Crippen molar-refractivity contribution in [1.29, 1.82) is 0 Å². The van der Waals surface area contributed by atoms with Crippen LogP contribution < -0.4 is 10.5 Å². The smallest absolute Gasteiger partial charge is 0.288 e. The summed E-state index contributed by atoms with van der Waals surface area (Å²) in [6.07, 6.45) is 0. The van der Waals surface area contributed by atoms with Crippen LogP contribution in [0.2, 0.25) is 0 Å². The molecule has 0 saturated carbocycles. The van der Waals surface area contributed by atoms with Crippen LogP contribution >= 0.6 is 11.8 Å². The fourth-order valence-electron chi connectivity index (χ4n) is 3.53. The highest BCUT2D eigenvalue weighted by Crippen LogP contribution is 2.45. The first kappa shape index (κ1) is 17.7. The molecule has 1 aliphatic rings. The second-order valence-corrected chi connectivity index (χ2v) is 8.09. The van der Waals surface area contributed by atoms with Crippen LogP contribution in [-0.2, 0) is 11.8 Å². The molecule has 4 rings (SSSR count). The van der Waals surface area contributed by atoms with E-state index in [9.17, 15) is 9.59 Å². The first-order valence-electron chi connectivity index (χ1n) is 8.88. The lowest BCUT2D eigenvalue weighted by atomic mass is 10.2. The van der Waals surface area contributed by atoms with Gasteiger partial charge in [0, 0.05) is 7.05 Å². The van der Waals surface area contributed by atoms with Crippen molar-refractivity contribution in [1.82, 2.24) is 9.36 Å². The van der Waals surface area contributed by atoms with Crippen molar-refractivity contribution in [3.8, 4) is 5.69 Å². The number of rotatable bonds is 3. The van der Waals surface area contributed by atoms with E-state index in [2.05, 4.69) is 0 Å². The van der Waals surface area contributed by atoms with Crippen molar-refractivity contribution >= 4 is 23.4 Å².